The van der Waals surface area contributed by atoms with Gasteiger partial charge in [0.2, 0.25) is 0 Å². The first-order chi connectivity index (χ1) is 14.6. The van der Waals surface area contributed by atoms with Crippen molar-refractivity contribution < 1.29 is 0 Å². The molecule has 1 aliphatic rings. The summed E-state index contributed by atoms with van der Waals surface area (Å²) >= 11 is 0. The molecule has 0 saturated heterocycles. The standard InChI is InChI=1S/C27H33N3/c1-4-20-11-8-12-21(5-2)27(20)26-15-24(16-28)25(19(3)29-26)18-30-14-13-22-9-6-7-10-23(22)17-30/h6-12,15H,4-5,13-14,16-18,28H2,1-3H3. The van der Waals surface area contributed by atoms with Gasteiger partial charge in [-0.2, -0.15) is 0 Å². The summed E-state index contributed by atoms with van der Waals surface area (Å²) in [6, 6.07) is 17.7. The zero-order chi connectivity index (χ0) is 21.1. The monoisotopic (exact) mass is 399 g/mol. The van der Waals surface area contributed by atoms with Gasteiger partial charge in [0.05, 0.1) is 5.69 Å². The summed E-state index contributed by atoms with van der Waals surface area (Å²) in [5.41, 5.74) is 17.9. The highest BCUT2D eigenvalue weighted by atomic mass is 15.1. The van der Waals surface area contributed by atoms with E-state index in [0.29, 0.717) is 6.54 Å². The van der Waals surface area contributed by atoms with Crippen LogP contribution < -0.4 is 5.73 Å². The minimum atomic E-state index is 0.547. The minimum Gasteiger partial charge on any atom is -0.326 e. The van der Waals surface area contributed by atoms with E-state index in [1.54, 1.807) is 0 Å². The maximum absolute atomic E-state index is 6.24. The number of benzene rings is 2. The Morgan fingerprint density at radius 1 is 0.933 bits per heavy atom. The number of aromatic nitrogens is 1. The van der Waals surface area contributed by atoms with Crippen LogP contribution in [0.1, 0.15) is 52.9 Å². The molecule has 0 bridgehead atoms. The second-order valence-corrected chi connectivity index (χ2v) is 8.32. The fraction of sp³-hybridized carbons (Fsp3) is 0.370. The Bertz CT molecular complexity index is 1020. The lowest BCUT2D eigenvalue weighted by Crippen LogP contribution is -2.31. The Labute approximate surface area is 181 Å². The van der Waals surface area contributed by atoms with Crippen molar-refractivity contribution in [1.82, 2.24) is 9.88 Å². The van der Waals surface area contributed by atoms with Gasteiger partial charge in [-0.3, -0.25) is 9.88 Å². The molecule has 4 rings (SSSR count). The van der Waals surface area contributed by atoms with Gasteiger partial charge in [0.25, 0.3) is 0 Å². The van der Waals surface area contributed by atoms with Crippen molar-refractivity contribution in [3.05, 3.63) is 87.6 Å². The van der Waals surface area contributed by atoms with Crippen LogP contribution in [0.25, 0.3) is 11.3 Å². The molecule has 30 heavy (non-hydrogen) atoms. The SMILES string of the molecule is CCc1cccc(CC)c1-c1cc(CN)c(CN2CCc3ccccc3C2)c(C)n1. The van der Waals surface area contributed by atoms with Crippen LogP contribution in [0.4, 0.5) is 0 Å². The number of nitrogens with zero attached hydrogens (tertiary/aromatic N) is 2. The molecule has 0 radical (unpaired) electrons. The molecule has 1 aromatic heterocycles. The molecule has 0 amide bonds. The predicted octanol–water partition coefficient (Wildman–Crippen LogP) is 5.20. The Morgan fingerprint density at radius 3 is 2.30 bits per heavy atom. The maximum atomic E-state index is 6.24. The smallest absolute Gasteiger partial charge is 0.0714 e. The third-order valence-electron chi connectivity index (χ3n) is 6.49. The molecule has 3 heteroatoms. The molecule has 156 valence electrons. The quantitative estimate of drug-likeness (QED) is 0.619. The number of hydrogen-bond donors (Lipinski definition) is 1. The number of nitrogens with two attached hydrogens (primary N) is 1. The highest BCUT2D eigenvalue weighted by Crippen LogP contribution is 2.31. The molecular weight excluding hydrogens is 366 g/mol. The van der Waals surface area contributed by atoms with Gasteiger partial charge in [0.15, 0.2) is 0 Å². The molecule has 2 N–H and O–H groups in total. The molecule has 2 heterocycles. The molecule has 0 unspecified atom stereocenters. The number of rotatable bonds is 6. The van der Waals surface area contributed by atoms with E-state index in [2.05, 4.69) is 74.2 Å². The molecule has 0 atom stereocenters. The van der Waals surface area contributed by atoms with E-state index in [9.17, 15) is 0 Å². The van der Waals surface area contributed by atoms with Crippen molar-refractivity contribution >= 4 is 0 Å². The Hall–Kier alpha value is -2.49. The van der Waals surface area contributed by atoms with Crippen molar-refractivity contribution in [2.75, 3.05) is 6.54 Å². The van der Waals surface area contributed by atoms with Crippen LogP contribution in [0.2, 0.25) is 0 Å². The lowest BCUT2D eigenvalue weighted by atomic mass is 9.92. The largest absolute Gasteiger partial charge is 0.326 e. The maximum Gasteiger partial charge on any atom is 0.0714 e. The lowest BCUT2D eigenvalue weighted by Gasteiger charge is -2.30. The zero-order valence-electron chi connectivity index (χ0n) is 18.5. The lowest BCUT2D eigenvalue weighted by molar-refractivity contribution is 0.244. The van der Waals surface area contributed by atoms with Crippen LogP contribution in [-0.4, -0.2) is 16.4 Å². The molecule has 3 aromatic rings. The van der Waals surface area contributed by atoms with Gasteiger partial charge in [-0.1, -0.05) is 56.3 Å². The summed E-state index contributed by atoms with van der Waals surface area (Å²) in [5, 5.41) is 0. The topological polar surface area (TPSA) is 42.1 Å². The molecule has 0 spiro atoms. The summed E-state index contributed by atoms with van der Waals surface area (Å²) in [6.07, 6.45) is 3.13. The van der Waals surface area contributed by atoms with E-state index in [1.165, 1.54) is 38.9 Å². The van der Waals surface area contributed by atoms with Gasteiger partial charge in [0.1, 0.15) is 0 Å². The van der Waals surface area contributed by atoms with E-state index in [4.69, 9.17) is 10.7 Å². The van der Waals surface area contributed by atoms with Gasteiger partial charge >= 0.3 is 0 Å². The third-order valence-corrected chi connectivity index (χ3v) is 6.49. The summed E-state index contributed by atoms with van der Waals surface area (Å²) in [5.74, 6) is 0. The first-order valence-corrected chi connectivity index (χ1v) is 11.2. The van der Waals surface area contributed by atoms with Crippen molar-refractivity contribution in [2.45, 2.75) is 59.7 Å². The number of hydrogen-bond acceptors (Lipinski definition) is 3. The van der Waals surface area contributed by atoms with E-state index in [0.717, 1.165) is 50.3 Å². The fourth-order valence-corrected chi connectivity index (χ4v) is 4.78. The van der Waals surface area contributed by atoms with Crippen molar-refractivity contribution in [2.24, 2.45) is 5.73 Å². The highest BCUT2D eigenvalue weighted by Gasteiger charge is 2.20. The van der Waals surface area contributed by atoms with Crippen LogP contribution in [0.3, 0.4) is 0 Å². The van der Waals surface area contributed by atoms with Crippen LogP contribution in [0.5, 0.6) is 0 Å². The van der Waals surface area contributed by atoms with E-state index < -0.39 is 0 Å². The molecule has 1 aliphatic heterocycles. The molecule has 3 nitrogen and oxygen atoms in total. The minimum absolute atomic E-state index is 0.547. The highest BCUT2D eigenvalue weighted by molar-refractivity contribution is 5.69. The van der Waals surface area contributed by atoms with Crippen molar-refractivity contribution in [3.8, 4) is 11.3 Å². The second kappa shape index (κ2) is 9.11. The summed E-state index contributed by atoms with van der Waals surface area (Å²) < 4.78 is 0. The first kappa shape index (κ1) is 20.8. The molecule has 0 saturated carbocycles. The molecule has 0 aliphatic carbocycles. The van der Waals surface area contributed by atoms with E-state index >= 15 is 0 Å². The number of pyridine rings is 1. The third kappa shape index (κ3) is 4.05. The van der Waals surface area contributed by atoms with Gasteiger partial charge in [-0.25, -0.2) is 0 Å². The van der Waals surface area contributed by atoms with E-state index in [-0.39, 0.29) is 0 Å². The Morgan fingerprint density at radius 2 is 1.63 bits per heavy atom. The number of fused-ring (bicyclic) bond motifs is 1. The fourth-order valence-electron chi connectivity index (χ4n) is 4.78. The molecule has 0 fully saturated rings. The summed E-state index contributed by atoms with van der Waals surface area (Å²) in [4.78, 5) is 7.63. The summed E-state index contributed by atoms with van der Waals surface area (Å²) in [6.45, 7) is 10.1. The first-order valence-electron chi connectivity index (χ1n) is 11.2. The average Bonchev–Trinajstić information content (AvgIpc) is 2.79. The van der Waals surface area contributed by atoms with Gasteiger partial charge in [0, 0.05) is 37.4 Å². The molecular formula is C27H33N3. The zero-order valence-corrected chi connectivity index (χ0v) is 18.5. The van der Waals surface area contributed by atoms with E-state index in [1.807, 2.05) is 0 Å². The predicted molar refractivity (Wildman–Crippen MR) is 125 cm³/mol. The normalized spacial score (nSPS) is 14.0. The van der Waals surface area contributed by atoms with Gasteiger partial charge < -0.3 is 5.73 Å². The van der Waals surface area contributed by atoms with Crippen LogP contribution in [0.15, 0.2) is 48.5 Å². The van der Waals surface area contributed by atoms with Crippen molar-refractivity contribution in [1.29, 1.82) is 0 Å². The van der Waals surface area contributed by atoms with Crippen LogP contribution >= 0.6 is 0 Å². The number of aryl methyl sites for hydroxylation is 3. The summed E-state index contributed by atoms with van der Waals surface area (Å²) in [7, 11) is 0. The van der Waals surface area contributed by atoms with Gasteiger partial charge in [-0.15, -0.1) is 0 Å². The van der Waals surface area contributed by atoms with Crippen molar-refractivity contribution in [3.63, 3.8) is 0 Å². The second-order valence-electron chi connectivity index (χ2n) is 8.32. The average molecular weight is 400 g/mol. The Balaban J connectivity index is 1.68. The molecule has 2 aromatic carbocycles. The Kier molecular flexibility index (Phi) is 6.31. The van der Waals surface area contributed by atoms with Crippen LogP contribution in [0, 0.1) is 6.92 Å². The van der Waals surface area contributed by atoms with Gasteiger partial charge in [-0.05, 0) is 65.6 Å². The van der Waals surface area contributed by atoms with Crippen LogP contribution in [-0.2, 0) is 38.9 Å².